The molecule has 0 spiro atoms. The van der Waals surface area contributed by atoms with E-state index in [2.05, 4.69) is 20.1 Å². The van der Waals surface area contributed by atoms with Gasteiger partial charge in [-0.25, -0.2) is 14.4 Å². The summed E-state index contributed by atoms with van der Waals surface area (Å²) in [5, 5.41) is 9.16. The maximum atomic E-state index is 13.8. The van der Waals surface area contributed by atoms with E-state index in [1.54, 1.807) is 24.7 Å². The first-order chi connectivity index (χ1) is 16.6. The lowest BCUT2D eigenvalue weighted by Gasteiger charge is -2.38. The highest BCUT2D eigenvalue weighted by Gasteiger charge is 2.39. The van der Waals surface area contributed by atoms with Crippen molar-refractivity contribution >= 4 is 22.8 Å². The van der Waals surface area contributed by atoms with Gasteiger partial charge in [0.25, 0.3) is 5.91 Å². The van der Waals surface area contributed by atoms with Crippen LogP contribution in [0.15, 0.2) is 55.0 Å². The Kier molecular flexibility index (Phi) is 4.97. The summed E-state index contributed by atoms with van der Waals surface area (Å²) in [6, 6.07) is 10.6. The quantitative estimate of drug-likeness (QED) is 0.468. The lowest BCUT2D eigenvalue weighted by molar-refractivity contribution is 0.0612. The zero-order chi connectivity index (χ0) is 23.2. The van der Waals surface area contributed by atoms with E-state index in [1.807, 2.05) is 30.0 Å². The molecule has 2 aromatic carbocycles. The molecule has 2 aromatic heterocycles. The van der Waals surface area contributed by atoms with Crippen LogP contribution in [0.5, 0.6) is 0 Å². The van der Waals surface area contributed by atoms with Crippen LogP contribution in [0.2, 0.25) is 0 Å². The van der Waals surface area contributed by atoms with Gasteiger partial charge in [0.05, 0.1) is 29.2 Å². The average molecular weight is 458 g/mol. The second-order valence-corrected chi connectivity index (χ2v) is 9.04. The summed E-state index contributed by atoms with van der Waals surface area (Å²) in [6.07, 6.45) is 7.65. The number of hydrogen-bond acceptors (Lipinski definition) is 6. The van der Waals surface area contributed by atoms with Gasteiger partial charge in [0.2, 0.25) is 5.95 Å². The fraction of sp³-hybridized carbons (Fsp3) is 0.320. The maximum Gasteiger partial charge on any atom is 0.256 e. The SMILES string of the molecule is Cc1ccc(-n2nccn2)c(C(=O)N2CC3CCC2CCN3c2ncc3cc(F)ccc3n2)c1. The van der Waals surface area contributed by atoms with Crippen molar-refractivity contribution in [2.45, 2.75) is 38.3 Å². The summed E-state index contributed by atoms with van der Waals surface area (Å²) in [5.41, 5.74) is 3.03. The van der Waals surface area contributed by atoms with E-state index in [0.717, 1.165) is 31.4 Å². The number of carbonyl (C=O) groups excluding carboxylic acids is 1. The zero-order valence-electron chi connectivity index (χ0n) is 18.8. The van der Waals surface area contributed by atoms with Gasteiger partial charge >= 0.3 is 0 Å². The molecule has 2 bridgehead atoms. The third kappa shape index (κ3) is 3.57. The van der Waals surface area contributed by atoms with Crippen LogP contribution in [0.25, 0.3) is 16.6 Å². The molecule has 34 heavy (non-hydrogen) atoms. The number of anilines is 1. The van der Waals surface area contributed by atoms with Crippen LogP contribution in [0.3, 0.4) is 0 Å². The average Bonchev–Trinajstić information content (AvgIpc) is 3.23. The summed E-state index contributed by atoms with van der Waals surface area (Å²) < 4.78 is 13.6. The Hall–Kier alpha value is -3.88. The standard InChI is InChI=1S/C25H24FN7O/c1-16-2-7-23(33-28-9-10-29-33)21(12-16)24(34)32-15-20-5-4-19(32)8-11-31(20)25-27-14-17-13-18(26)3-6-22(17)30-25/h2-3,6-7,9-10,12-14,19-20H,4-5,8,11,15H2,1H3. The Bertz CT molecular complexity index is 1370. The molecule has 0 saturated carbocycles. The summed E-state index contributed by atoms with van der Waals surface area (Å²) in [4.78, 5) is 28.8. The van der Waals surface area contributed by atoms with Gasteiger partial charge in [-0.05, 0) is 56.5 Å². The Morgan fingerprint density at radius 2 is 1.85 bits per heavy atom. The highest BCUT2D eigenvalue weighted by molar-refractivity contribution is 5.98. The van der Waals surface area contributed by atoms with E-state index in [9.17, 15) is 9.18 Å². The highest BCUT2D eigenvalue weighted by Crippen LogP contribution is 2.32. The third-order valence-corrected chi connectivity index (χ3v) is 6.89. The largest absolute Gasteiger partial charge is 0.336 e. The van der Waals surface area contributed by atoms with Gasteiger partial charge in [0.1, 0.15) is 5.82 Å². The Morgan fingerprint density at radius 1 is 1.03 bits per heavy atom. The predicted molar refractivity (Wildman–Crippen MR) is 125 cm³/mol. The number of aromatic nitrogens is 5. The number of halogens is 1. The lowest BCUT2D eigenvalue weighted by Crippen LogP contribution is -2.50. The molecule has 8 nitrogen and oxygen atoms in total. The first-order valence-electron chi connectivity index (χ1n) is 11.5. The summed E-state index contributed by atoms with van der Waals surface area (Å²) in [5.74, 6) is 0.339. The number of benzene rings is 2. The number of aryl methyl sites for hydroxylation is 1. The molecule has 2 unspecified atom stereocenters. The number of amides is 1. The molecule has 0 aliphatic carbocycles. The number of carbonyl (C=O) groups is 1. The van der Waals surface area contributed by atoms with E-state index in [-0.39, 0.29) is 23.8 Å². The number of piperidine rings is 1. The van der Waals surface area contributed by atoms with Gasteiger partial charge in [-0.2, -0.15) is 15.0 Å². The second kappa shape index (κ2) is 8.16. The van der Waals surface area contributed by atoms with Crippen LogP contribution < -0.4 is 4.90 Å². The van der Waals surface area contributed by atoms with Crippen molar-refractivity contribution in [2.75, 3.05) is 18.0 Å². The van der Waals surface area contributed by atoms with E-state index >= 15 is 0 Å². The molecule has 3 aliphatic heterocycles. The molecule has 2 atom stereocenters. The van der Waals surface area contributed by atoms with E-state index in [0.29, 0.717) is 34.6 Å². The predicted octanol–water partition coefficient (Wildman–Crippen LogP) is 3.54. The van der Waals surface area contributed by atoms with Crippen LogP contribution >= 0.6 is 0 Å². The van der Waals surface area contributed by atoms with Crippen LogP contribution in [0.1, 0.15) is 35.2 Å². The van der Waals surface area contributed by atoms with Crippen LogP contribution in [-0.4, -0.2) is 60.9 Å². The molecule has 3 aliphatic rings. The minimum Gasteiger partial charge on any atom is -0.336 e. The van der Waals surface area contributed by atoms with E-state index in [1.165, 1.54) is 16.9 Å². The maximum absolute atomic E-state index is 13.8. The van der Waals surface area contributed by atoms with Crippen LogP contribution in [0.4, 0.5) is 10.3 Å². The smallest absolute Gasteiger partial charge is 0.256 e. The summed E-state index contributed by atoms with van der Waals surface area (Å²) in [7, 11) is 0. The second-order valence-electron chi connectivity index (χ2n) is 9.04. The Morgan fingerprint density at radius 3 is 2.71 bits per heavy atom. The van der Waals surface area contributed by atoms with Crippen molar-refractivity contribution < 1.29 is 9.18 Å². The van der Waals surface area contributed by atoms with Crippen LogP contribution in [-0.2, 0) is 0 Å². The van der Waals surface area contributed by atoms with Gasteiger partial charge in [0, 0.05) is 36.8 Å². The number of nitrogens with zero attached hydrogens (tertiary/aromatic N) is 7. The molecule has 3 saturated heterocycles. The number of fused-ring (bicyclic) bond motifs is 5. The van der Waals surface area contributed by atoms with Crippen LogP contribution in [0, 0.1) is 12.7 Å². The topological polar surface area (TPSA) is 80.0 Å². The monoisotopic (exact) mass is 457 g/mol. The molecular formula is C25H24FN7O. The number of hydrogen-bond donors (Lipinski definition) is 0. The molecule has 9 heteroatoms. The van der Waals surface area contributed by atoms with Gasteiger partial charge < -0.3 is 9.80 Å². The first-order valence-corrected chi connectivity index (χ1v) is 11.5. The van der Waals surface area contributed by atoms with Crippen molar-refractivity contribution in [1.29, 1.82) is 0 Å². The number of rotatable bonds is 3. The molecule has 4 aromatic rings. The molecule has 5 heterocycles. The Balaban J connectivity index is 1.31. The summed E-state index contributed by atoms with van der Waals surface area (Å²) in [6.45, 7) is 3.36. The fourth-order valence-electron chi connectivity index (χ4n) is 5.17. The van der Waals surface area contributed by atoms with Crippen molar-refractivity contribution in [3.8, 4) is 5.69 Å². The minimum absolute atomic E-state index is 0.00227. The molecule has 172 valence electrons. The van der Waals surface area contributed by atoms with Crippen molar-refractivity contribution in [3.05, 3.63) is 71.9 Å². The normalized spacial score (nSPS) is 20.1. The molecule has 7 rings (SSSR count). The first kappa shape index (κ1) is 20.7. The Labute approximate surface area is 196 Å². The lowest BCUT2D eigenvalue weighted by atomic mass is 9.97. The molecule has 0 radical (unpaired) electrons. The fourth-order valence-corrected chi connectivity index (χ4v) is 5.17. The van der Waals surface area contributed by atoms with Gasteiger partial charge in [-0.15, -0.1) is 0 Å². The zero-order valence-corrected chi connectivity index (χ0v) is 18.8. The minimum atomic E-state index is -0.299. The van der Waals surface area contributed by atoms with Gasteiger partial charge in [-0.1, -0.05) is 11.6 Å². The van der Waals surface area contributed by atoms with Gasteiger partial charge in [-0.3, -0.25) is 4.79 Å². The van der Waals surface area contributed by atoms with E-state index in [4.69, 9.17) is 4.98 Å². The van der Waals surface area contributed by atoms with Gasteiger partial charge in [0.15, 0.2) is 0 Å². The molecule has 0 N–H and O–H groups in total. The highest BCUT2D eigenvalue weighted by atomic mass is 19.1. The van der Waals surface area contributed by atoms with Crippen molar-refractivity contribution in [3.63, 3.8) is 0 Å². The van der Waals surface area contributed by atoms with Crippen molar-refractivity contribution in [2.24, 2.45) is 0 Å². The third-order valence-electron chi connectivity index (χ3n) is 6.89. The molecule has 3 fully saturated rings. The molecule has 1 amide bonds. The summed E-state index contributed by atoms with van der Waals surface area (Å²) >= 11 is 0. The van der Waals surface area contributed by atoms with E-state index < -0.39 is 0 Å². The van der Waals surface area contributed by atoms with Crippen molar-refractivity contribution in [1.82, 2.24) is 29.9 Å². The molecular weight excluding hydrogens is 433 g/mol.